The van der Waals surface area contributed by atoms with Crippen LogP contribution in [-0.2, 0) is 0 Å². The second kappa shape index (κ2) is 8.64. The third-order valence-electron chi connectivity index (χ3n) is 3.62. The van der Waals surface area contributed by atoms with Gasteiger partial charge in [-0.3, -0.25) is 4.79 Å². The summed E-state index contributed by atoms with van der Waals surface area (Å²) in [5.74, 6) is -0.549. The average molecular weight is 337 g/mol. The number of benzene rings is 1. The number of hydrogen-bond acceptors (Lipinski definition) is 4. The summed E-state index contributed by atoms with van der Waals surface area (Å²) in [5, 5.41) is 14.0. The van der Waals surface area contributed by atoms with E-state index < -0.39 is 5.82 Å². The number of methoxy groups -OCH3 is 1. The predicted octanol–water partition coefficient (Wildman–Crippen LogP) is 3.18. The molecular weight excluding hydrogens is 317 g/mol. The maximum Gasteiger partial charge on any atom is 0.251 e. The van der Waals surface area contributed by atoms with Gasteiger partial charge in [0.05, 0.1) is 7.11 Å². The normalized spacial score (nSPS) is 12.0. The third kappa shape index (κ3) is 4.77. The van der Waals surface area contributed by atoms with E-state index in [0.29, 0.717) is 13.0 Å². The van der Waals surface area contributed by atoms with Gasteiger partial charge in [0.1, 0.15) is 0 Å². The summed E-state index contributed by atoms with van der Waals surface area (Å²) in [5.41, 5.74) is 0.262. The Bertz CT molecular complexity index is 631. The topological polar surface area (TPSA) is 58.6 Å². The molecule has 23 heavy (non-hydrogen) atoms. The predicted molar refractivity (Wildman–Crippen MR) is 88.7 cm³/mol. The van der Waals surface area contributed by atoms with E-state index in [0.717, 1.165) is 6.42 Å². The number of hydrogen-bond donors (Lipinski definition) is 2. The van der Waals surface area contributed by atoms with Crippen LogP contribution in [0.3, 0.4) is 0 Å². The number of amides is 1. The van der Waals surface area contributed by atoms with Crippen molar-refractivity contribution in [2.75, 3.05) is 20.3 Å². The van der Waals surface area contributed by atoms with Gasteiger partial charge in [0.15, 0.2) is 11.6 Å². The lowest BCUT2D eigenvalue weighted by molar-refractivity contribution is 0.0951. The molecule has 2 rings (SSSR count). The summed E-state index contributed by atoms with van der Waals surface area (Å²) in [6.45, 7) is 0.579. The van der Waals surface area contributed by atoms with Crippen molar-refractivity contribution in [3.05, 3.63) is 52.0 Å². The summed E-state index contributed by atoms with van der Waals surface area (Å²) in [7, 11) is 1.38. The van der Waals surface area contributed by atoms with Gasteiger partial charge in [0, 0.05) is 23.6 Å². The van der Waals surface area contributed by atoms with Crippen LogP contribution in [-0.4, -0.2) is 31.3 Å². The molecule has 1 heterocycles. The highest BCUT2D eigenvalue weighted by Crippen LogP contribution is 2.27. The molecule has 0 spiro atoms. The van der Waals surface area contributed by atoms with E-state index in [2.05, 4.69) is 5.32 Å². The van der Waals surface area contributed by atoms with Crippen LogP contribution >= 0.6 is 11.3 Å². The Kier molecular flexibility index (Phi) is 6.55. The molecule has 0 aliphatic heterocycles. The lowest BCUT2D eigenvalue weighted by Gasteiger charge is -2.14. The first kappa shape index (κ1) is 17.4. The minimum absolute atomic E-state index is 0.111. The number of aliphatic hydroxyl groups is 1. The van der Waals surface area contributed by atoms with Gasteiger partial charge >= 0.3 is 0 Å². The fourth-order valence-corrected chi connectivity index (χ4v) is 3.28. The van der Waals surface area contributed by atoms with Gasteiger partial charge in [-0.05, 0) is 48.4 Å². The van der Waals surface area contributed by atoms with Crippen LogP contribution in [0.5, 0.6) is 5.75 Å². The smallest absolute Gasteiger partial charge is 0.251 e. The van der Waals surface area contributed by atoms with E-state index in [1.807, 2.05) is 17.5 Å². The quantitative estimate of drug-likeness (QED) is 0.778. The van der Waals surface area contributed by atoms with E-state index in [9.17, 15) is 9.18 Å². The standard InChI is InChI=1S/C17H20FNO3S/c1-22-15-5-4-13(11-14(15)18)17(21)19-8-6-12(7-9-20)16-3-2-10-23-16/h2-5,10-12,20H,6-9H2,1H3,(H,19,21). The zero-order valence-corrected chi connectivity index (χ0v) is 13.7. The van der Waals surface area contributed by atoms with Crippen LogP contribution in [0.1, 0.15) is 34.0 Å². The largest absolute Gasteiger partial charge is 0.494 e. The summed E-state index contributed by atoms with van der Waals surface area (Å²) in [6, 6.07) is 8.14. The highest BCUT2D eigenvalue weighted by molar-refractivity contribution is 7.10. The Hall–Kier alpha value is -1.92. The number of ether oxygens (including phenoxy) is 1. The highest BCUT2D eigenvalue weighted by atomic mass is 32.1. The van der Waals surface area contributed by atoms with Crippen LogP contribution in [0, 0.1) is 5.82 Å². The fourth-order valence-electron chi connectivity index (χ4n) is 2.38. The van der Waals surface area contributed by atoms with E-state index in [1.54, 1.807) is 11.3 Å². The van der Waals surface area contributed by atoms with E-state index >= 15 is 0 Å². The minimum atomic E-state index is -0.558. The summed E-state index contributed by atoms with van der Waals surface area (Å²) >= 11 is 1.64. The monoisotopic (exact) mass is 337 g/mol. The lowest BCUT2D eigenvalue weighted by atomic mass is 10.00. The van der Waals surface area contributed by atoms with E-state index in [-0.39, 0.29) is 29.7 Å². The average Bonchev–Trinajstić information content (AvgIpc) is 3.08. The van der Waals surface area contributed by atoms with Gasteiger partial charge in [-0.25, -0.2) is 4.39 Å². The summed E-state index contributed by atoms with van der Waals surface area (Å²) in [6.07, 6.45) is 1.39. The molecule has 1 atom stereocenters. The molecule has 1 unspecified atom stereocenters. The van der Waals surface area contributed by atoms with Crippen LogP contribution in [0.4, 0.5) is 4.39 Å². The molecule has 6 heteroatoms. The molecule has 0 aliphatic rings. The number of carbonyl (C=O) groups excluding carboxylic acids is 1. The van der Waals surface area contributed by atoms with Gasteiger partial charge in [0.25, 0.3) is 5.91 Å². The maximum absolute atomic E-state index is 13.6. The molecule has 4 nitrogen and oxygen atoms in total. The van der Waals surface area contributed by atoms with E-state index in [4.69, 9.17) is 9.84 Å². The van der Waals surface area contributed by atoms with Crippen molar-refractivity contribution in [2.24, 2.45) is 0 Å². The van der Waals surface area contributed by atoms with Gasteiger partial charge < -0.3 is 15.2 Å². The van der Waals surface area contributed by atoms with Crippen molar-refractivity contribution in [1.82, 2.24) is 5.32 Å². The van der Waals surface area contributed by atoms with Crippen LogP contribution in [0.15, 0.2) is 35.7 Å². The van der Waals surface area contributed by atoms with Crippen LogP contribution in [0.2, 0.25) is 0 Å². The SMILES string of the molecule is COc1ccc(C(=O)NCCC(CCO)c2cccs2)cc1F. The zero-order chi connectivity index (χ0) is 16.7. The molecule has 0 saturated carbocycles. The zero-order valence-electron chi connectivity index (χ0n) is 12.9. The molecule has 124 valence electrons. The van der Waals surface area contributed by atoms with Crippen molar-refractivity contribution in [3.8, 4) is 5.75 Å². The summed E-state index contributed by atoms with van der Waals surface area (Å²) < 4.78 is 18.4. The Morgan fingerprint density at radius 2 is 2.22 bits per heavy atom. The number of carbonyl (C=O) groups is 1. The molecule has 0 radical (unpaired) electrons. The Balaban J connectivity index is 1.89. The summed E-state index contributed by atoms with van der Waals surface area (Å²) in [4.78, 5) is 13.3. The minimum Gasteiger partial charge on any atom is -0.494 e. The van der Waals surface area contributed by atoms with Crippen molar-refractivity contribution in [1.29, 1.82) is 0 Å². The Morgan fingerprint density at radius 1 is 1.39 bits per heavy atom. The van der Waals surface area contributed by atoms with Crippen LogP contribution < -0.4 is 10.1 Å². The van der Waals surface area contributed by atoms with Gasteiger partial charge in [-0.2, -0.15) is 0 Å². The molecule has 1 amide bonds. The molecule has 1 aromatic heterocycles. The first-order valence-electron chi connectivity index (χ1n) is 7.41. The first-order valence-corrected chi connectivity index (χ1v) is 8.29. The van der Waals surface area contributed by atoms with Crippen molar-refractivity contribution >= 4 is 17.2 Å². The number of thiophene rings is 1. The lowest BCUT2D eigenvalue weighted by Crippen LogP contribution is -2.25. The van der Waals surface area contributed by atoms with Crippen LogP contribution in [0.25, 0.3) is 0 Å². The fraction of sp³-hybridized carbons (Fsp3) is 0.353. The third-order valence-corrected chi connectivity index (χ3v) is 4.65. The van der Waals surface area contributed by atoms with Crippen molar-refractivity contribution < 1.29 is 19.0 Å². The molecule has 0 aliphatic carbocycles. The van der Waals surface area contributed by atoms with Gasteiger partial charge in [-0.15, -0.1) is 11.3 Å². The molecule has 2 aromatic rings. The number of halogens is 1. The van der Waals surface area contributed by atoms with Crippen molar-refractivity contribution in [3.63, 3.8) is 0 Å². The molecular formula is C17H20FNO3S. The number of rotatable bonds is 8. The highest BCUT2D eigenvalue weighted by Gasteiger charge is 2.14. The first-order chi connectivity index (χ1) is 11.2. The molecule has 0 saturated heterocycles. The van der Waals surface area contributed by atoms with Crippen molar-refractivity contribution in [2.45, 2.75) is 18.8 Å². The number of aliphatic hydroxyl groups excluding tert-OH is 1. The molecule has 2 N–H and O–H groups in total. The molecule has 0 fully saturated rings. The van der Waals surface area contributed by atoms with Gasteiger partial charge in [-0.1, -0.05) is 6.07 Å². The second-order valence-electron chi connectivity index (χ2n) is 5.12. The Labute approximate surface area is 138 Å². The number of nitrogens with one attached hydrogen (secondary N) is 1. The molecule has 1 aromatic carbocycles. The molecule has 0 bridgehead atoms. The maximum atomic E-state index is 13.6. The second-order valence-corrected chi connectivity index (χ2v) is 6.10. The van der Waals surface area contributed by atoms with E-state index in [1.165, 1.54) is 30.2 Å². The van der Waals surface area contributed by atoms with Gasteiger partial charge in [0.2, 0.25) is 0 Å². The Morgan fingerprint density at radius 3 is 2.83 bits per heavy atom.